The summed E-state index contributed by atoms with van der Waals surface area (Å²) in [6, 6.07) is 10.9. The van der Waals surface area contributed by atoms with Crippen LogP contribution in [0.2, 0.25) is 0 Å². The maximum atomic E-state index is 13.9. The molecule has 1 aromatic carbocycles. The Labute approximate surface area is 199 Å². The third-order valence-electron chi connectivity index (χ3n) is 5.96. The predicted molar refractivity (Wildman–Crippen MR) is 137 cm³/mol. The summed E-state index contributed by atoms with van der Waals surface area (Å²) >= 11 is 1.46. The molecule has 0 spiro atoms. The molecule has 1 atom stereocenters. The van der Waals surface area contributed by atoms with Gasteiger partial charge in [-0.2, -0.15) is 0 Å². The number of aryl methyl sites for hydroxylation is 1. The summed E-state index contributed by atoms with van der Waals surface area (Å²) in [4.78, 5) is 39.6. The second kappa shape index (κ2) is 8.49. The van der Waals surface area contributed by atoms with Crippen molar-refractivity contribution in [3.8, 4) is 11.1 Å². The van der Waals surface area contributed by atoms with Crippen LogP contribution in [0.3, 0.4) is 0 Å². The van der Waals surface area contributed by atoms with Crippen LogP contribution in [-0.2, 0) is 7.05 Å². The molecule has 1 unspecified atom stereocenters. The Balaban J connectivity index is 1.68. The van der Waals surface area contributed by atoms with Crippen LogP contribution >= 0.6 is 11.3 Å². The van der Waals surface area contributed by atoms with Gasteiger partial charge in [0.15, 0.2) is 5.82 Å². The van der Waals surface area contributed by atoms with Crippen molar-refractivity contribution >= 4 is 38.3 Å². The van der Waals surface area contributed by atoms with E-state index in [1.165, 1.54) is 28.3 Å². The van der Waals surface area contributed by atoms with Gasteiger partial charge in [0.1, 0.15) is 16.7 Å². The molecule has 34 heavy (non-hydrogen) atoms. The van der Waals surface area contributed by atoms with Gasteiger partial charge in [-0.25, -0.2) is 15.0 Å². The second-order valence-corrected chi connectivity index (χ2v) is 9.40. The number of nitrogens with one attached hydrogen (secondary N) is 1. The number of aromatic nitrogens is 5. The first-order chi connectivity index (χ1) is 16.3. The highest BCUT2D eigenvalue weighted by Crippen LogP contribution is 2.30. The van der Waals surface area contributed by atoms with E-state index in [2.05, 4.69) is 26.3 Å². The molecule has 0 saturated heterocycles. The lowest BCUT2D eigenvalue weighted by Crippen LogP contribution is -2.28. The van der Waals surface area contributed by atoms with E-state index >= 15 is 0 Å². The third kappa shape index (κ3) is 3.67. The molecular formula is C25H24N6O2S. The summed E-state index contributed by atoms with van der Waals surface area (Å²) in [5.74, 6) is 0.639. The van der Waals surface area contributed by atoms with Crippen LogP contribution in [0.15, 0.2) is 64.0 Å². The minimum Gasteiger partial charge on any atom is -0.360 e. The van der Waals surface area contributed by atoms with Gasteiger partial charge >= 0.3 is 0 Å². The molecule has 0 aliphatic carbocycles. The van der Waals surface area contributed by atoms with Crippen LogP contribution in [0.5, 0.6) is 0 Å². The van der Waals surface area contributed by atoms with Gasteiger partial charge in [-0.3, -0.25) is 9.59 Å². The number of anilines is 1. The molecule has 0 saturated carbocycles. The summed E-state index contributed by atoms with van der Waals surface area (Å²) in [5.41, 5.74) is 4.79. The molecule has 0 fully saturated rings. The minimum atomic E-state index is -0.208. The minimum absolute atomic E-state index is 0.0611. The number of thiazole rings is 1. The van der Waals surface area contributed by atoms with Gasteiger partial charge in [0.25, 0.3) is 5.56 Å². The van der Waals surface area contributed by atoms with Crippen molar-refractivity contribution in [3.63, 3.8) is 0 Å². The molecule has 0 aliphatic heterocycles. The zero-order chi connectivity index (χ0) is 24.0. The molecule has 5 aromatic rings. The van der Waals surface area contributed by atoms with Crippen LogP contribution in [0, 0.1) is 0 Å². The molecule has 4 heterocycles. The lowest BCUT2D eigenvalue weighted by atomic mass is 9.98. The van der Waals surface area contributed by atoms with Gasteiger partial charge in [-0.15, -0.1) is 11.3 Å². The zero-order valence-corrected chi connectivity index (χ0v) is 20.1. The van der Waals surface area contributed by atoms with E-state index in [0.717, 1.165) is 32.6 Å². The summed E-state index contributed by atoms with van der Waals surface area (Å²) in [7, 11) is 1.71. The number of hydrogen-bond donors (Lipinski definition) is 1. The SMILES string of the molecule is CC(Nc1ncnc2scnc12)c1cc2cccc(-c3ccc(=O)n(C)c3)c2c(=O)n1C(C)C. The fourth-order valence-electron chi connectivity index (χ4n) is 4.33. The predicted octanol–water partition coefficient (Wildman–Crippen LogP) is 4.52. The number of rotatable bonds is 5. The highest BCUT2D eigenvalue weighted by Gasteiger charge is 2.20. The van der Waals surface area contributed by atoms with Crippen LogP contribution in [0.25, 0.3) is 32.2 Å². The quantitative estimate of drug-likeness (QED) is 0.404. The number of hydrogen-bond acceptors (Lipinski definition) is 7. The maximum absolute atomic E-state index is 13.9. The standard InChI is InChI=1S/C25H24N6O2S/c1-14(2)31-19(15(3)29-23-22-24(27-12-26-23)34-13-28-22)10-16-6-5-7-18(21(16)25(31)33)17-8-9-20(32)30(4)11-17/h5-15H,1-4H3,(H,26,27,29). The maximum Gasteiger partial charge on any atom is 0.259 e. The Morgan fingerprint density at radius 2 is 1.85 bits per heavy atom. The smallest absolute Gasteiger partial charge is 0.259 e. The van der Waals surface area contributed by atoms with E-state index in [4.69, 9.17) is 0 Å². The Morgan fingerprint density at radius 3 is 2.62 bits per heavy atom. The van der Waals surface area contributed by atoms with Crippen molar-refractivity contribution in [2.45, 2.75) is 32.9 Å². The van der Waals surface area contributed by atoms with Crippen molar-refractivity contribution in [2.75, 3.05) is 5.32 Å². The molecule has 172 valence electrons. The van der Waals surface area contributed by atoms with Crippen molar-refractivity contribution < 1.29 is 0 Å². The van der Waals surface area contributed by atoms with Crippen LogP contribution in [-0.4, -0.2) is 24.1 Å². The highest BCUT2D eigenvalue weighted by molar-refractivity contribution is 7.16. The Bertz CT molecular complexity index is 1650. The van der Waals surface area contributed by atoms with E-state index in [9.17, 15) is 9.59 Å². The van der Waals surface area contributed by atoms with Crippen molar-refractivity contribution in [3.05, 3.63) is 80.8 Å². The molecule has 8 nitrogen and oxygen atoms in total. The largest absolute Gasteiger partial charge is 0.360 e. The van der Waals surface area contributed by atoms with Crippen LogP contribution < -0.4 is 16.4 Å². The average molecular weight is 473 g/mol. The average Bonchev–Trinajstić information content (AvgIpc) is 3.30. The van der Waals surface area contributed by atoms with Gasteiger partial charge in [0, 0.05) is 31.0 Å². The van der Waals surface area contributed by atoms with E-state index in [-0.39, 0.29) is 23.2 Å². The molecule has 5 rings (SSSR count). The van der Waals surface area contributed by atoms with E-state index < -0.39 is 0 Å². The normalized spacial score (nSPS) is 12.5. The zero-order valence-electron chi connectivity index (χ0n) is 19.3. The molecule has 0 radical (unpaired) electrons. The molecule has 4 aromatic heterocycles. The van der Waals surface area contributed by atoms with Gasteiger partial charge in [-0.05, 0) is 49.4 Å². The lowest BCUT2D eigenvalue weighted by Gasteiger charge is -2.24. The summed E-state index contributed by atoms with van der Waals surface area (Å²) in [5, 5.41) is 4.91. The fourth-order valence-corrected chi connectivity index (χ4v) is 4.96. The van der Waals surface area contributed by atoms with Crippen molar-refractivity contribution in [1.82, 2.24) is 24.1 Å². The Morgan fingerprint density at radius 1 is 1.03 bits per heavy atom. The molecule has 0 amide bonds. The van der Waals surface area contributed by atoms with Crippen LogP contribution in [0.4, 0.5) is 5.82 Å². The fraction of sp³-hybridized carbons (Fsp3) is 0.240. The first-order valence-electron chi connectivity index (χ1n) is 11.0. The van der Waals surface area contributed by atoms with Crippen molar-refractivity contribution in [2.24, 2.45) is 7.05 Å². The van der Waals surface area contributed by atoms with Gasteiger partial charge in [0.05, 0.1) is 16.9 Å². The molecule has 0 bridgehead atoms. The van der Waals surface area contributed by atoms with Crippen molar-refractivity contribution in [1.29, 1.82) is 0 Å². The number of pyridine rings is 2. The van der Waals surface area contributed by atoms with Crippen LogP contribution in [0.1, 0.15) is 38.5 Å². The first-order valence-corrected chi connectivity index (χ1v) is 11.9. The van der Waals surface area contributed by atoms with Gasteiger partial charge in [0.2, 0.25) is 5.56 Å². The van der Waals surface area contributed by atoms with E-state index in [0.29, 0.717) is 11.2 Å². The van der Waals surface area contributed by atoms with Gasteiger partial charge in [-0.1, -0.05) is 18.2 Å². The second-order valence-electron chi connectivity index (χ2n) is 8.57. The summed E-state index contributed by atoms with van der Waals surface area (Å²) < 4.78 is 3.35. The highest BCUT2D eigenvalue weighted by atomic mass is 32.1. The lowest BCUT2D eigenvalue weighted by molar-refractivity contribution is 0.541. The number of nitrogens with zero attached hydrogens (tertiary/aromatic N) is 5. The van der Waals surface area contributed by atoms with Gasteiger partial charge < -0.3 is 14.5 Å². The van der Waals surface area contributed by atoms with E-state index in [1.807, 2.05) is 43.5 Å². The monoisotopic (exact) mass is 472 g/mol. The molecular weight excluding hydrogens is 448 g/mol. The topological polar surface area (TPSA) is 94.7 Å². The Hall–Kier alpha value is -3.85. The number of fused-ring (bicyclic) bond motifs is 2. The first kappa shape index (κ1) is 22.0. The summed E-state index contributed by atoms with van der Waals surface area (Å²) in [6.07, 6.45) is 3.29. The molecule has 0 aliphatic rings. The Kier molecular flexibility index (Phi) is 5.49. The molecule has 9 heteroatoms. The molecule has 1 N–H and O–H groups in total. The summed E-state index contributed by atoms with van der Waals surface area (Å²) in [6.45, 7) is 6.01. The number of benzene rings is 1. The van der Waals surface area contributed by atoms with E-state index in [1.54, 1.807) is 24.8 Å². The third-order valence-corrected chi connectivity index (χ3v) is 6.69.